The average molecular weight is 296 g/mol. The highest BCUT2D eigenvalue weighted by molar-refractivity contribution is 6.32. The molecule has 0 fully saturated rings. The monoisotopic (exact) mass is 295 g/mol. The fraction of sp³-hybridized carbons (Fsp3) is 0.200. The summed E-state index contributed by atoms with van der Waals surface area (Å²) in [6, 6.07) is 13.0. The summed E-state index contributed by atoms with van der Waals surface area (Å²) in [5.74, 6) is 1.32. The van der Waals surface area contributed by atoms with E-state index in [2.05, 4.69) is 0 Å². The minimum Gasteiger partial charge on any atom is -0.456 e. The van der Waals surface area contributed by atoms with Crippen LogP contribution in [0.1, 0.15) is 12.5 Å². The highest BCUT2D eigenvalue weighted by Crippen LogP contribution is 2.30. The summed E-state index contributed by atoms with van der Waals surface area (Å²) in [5.41, 5.74) is 6.86. The van der Waals surface area contributed by atoms with Gasteiger partial charge in [0, 0.05) is 11.1 Å². The van der Waals surface area contributed by atoms with Gasteiger partial charge < -0.3 is 10.5 Å². The van der Waals surface area contributed by atoms with Gasteiger partial charge in [0.25, 0.3) is 0 Å². The van der Waals surface area contributed by atoms with Crippen LogP contribution in [0.5, 0.6) is 11.5 Å². The van der Waals surface area contributed by atoms with E-state index in [0.29, 0.717) is 21.5 Å². The smallest absolute Gasteiger partial charge is 0.146 e. The topological polar surface area (TPSA) is 35.2 Å². The number of hydrogen-bond acceptors (Lipinski definition) is 2. The second-order valence-electron chi connectivity index (χ2n) is 4.50. The minimum atomic E-state index is 0.110. The standard InChI is InChI=1S/C15H15Cl2NO/c1-10(18)8-11-2-7-15(14(17)9-11)19-13-5-3-12(16)4-6-13/h2-7,9-10H,8,18H2,1H3. The first-order chi connectivity index (χ1) is 9.04. The number of nitrogens with two attached hydrogens (primary N) is 1. The predicted molar refractivity (Wildman–Crippen MR) is 80.3 cm³/mol. The quantitative estimate of drug-likeness (QED) is 0.889. The first-order valence-corrected chi connectivity index (χ1v) is 6.77. The van der Waals surface area contributed by atoms with Crippen LogP contribution in [0.25, 0.3) is 0 Å². The van der Waals surface area contributed by atoms with Crippen molar-refractivity contribution in [2.45, 2.75) is 19.4 Å². The summed E-state index contributed by atoms with van der Waals surface area (Å²) in [6.45, 7) is 1.96. The highest BCUT2D eigenvalue weighted by atomic mass is 35.5. The second-order valence-corrected chi connectivity index (χ2v) is 5.35. The van der Waals surface area contributed by atoms with E-state index in [-0.39, 0.29) is 6.04 Å². The molecule has 1 atom stereocenters. The van der Waals surface area contributed by atoms with Gasteiger partial charge in [-0.2, -0.15) is 0 Å². The first kappa shape index (κ1) is 14.2. The molecule has 2 nitrogen and oxygen atoms in total. The molecule has 0 aromatic heterocycles. The zero-order valence-electron chi connectivity index (χ0n) is 10.6. The van der Waals surface area contributed by atoms with E-state index in [1.54, 1.807) is 24.3 Å². The van der Waals surface area contributed by atoms with Gasteiger partial charge in [-0.1, -0.05) is 29.3 Å². The predicted octanol–water partition coefficient (Wildman–Crippen LogP) is 4.68. The maximum Gasteiger partial charge on any atom is 0.146 e. The van der Waals surface area contributed by atoms with Crippen molar-refractivity contribution in [3.63, 3.8) is 0 Å². The Kier molecular flexibility index (Phi) is 4.70. The number of ether oxygens (including phenoxy) is 1. The molecule has 0 amide bonds. The molecular formula is C15H15Cl2NO. The highest BCUT2D eigenvalue weighted by Gasteiger charge is 2.06. The second kappa shape index (κ2) is 6.29. The molecule has 0 saturated heterocycles. The molecule has 2 aromatic carbocycles. The molecule has 0 bridgehead atoms. The van der Waals surface area contributed by atoms with Gasteiger partial charge in [-0.05, 0) is 55.3 Å². The van der Waals surface area contributed by atoms with Crippen molar-refractivity contribution in [2.24, 2.45) is 5.73 Å². The minimum absolute atomic E-state index is 0.110. The SMILES string of the molecule is CC(N)Cc1ccc(Oc2ccc(Cl)cc2)c(Cl)c1. The molecule has 2 rings (SSSR count). The summed E-state index contributed by atoms with van der Waals surface area (Å²) in [4.78, 5) is 0. The summed E-state index contributed by atoms with van der Waals surface area (Å²) < 4.78 is 5.70. The molecule has 0 saturated carbocycles. The third kappa shape index (κ3) is 4.13. The molecule has 2 N–H and O–H groups in total. The van der Waals surface area contributed by atoms with Crippen LogP contribution in [0.3, 0.4) is 0 Å². The summed E-state index contributed by atoms with van der Waals surface area (Å²) in [6.07, 6.45) is 0.793. The lowest BCUT2D eigenvalue weighted by Gasteiger charge is -2.10. The van der Waals surface area contributed by atoms with Crippen LogP contribution >= 0.6 is 23.2 Å². The van der Waals surface area contributed by atoms with Crippen molar-refractivity contribution in [1.29, 1.82) is 0 Å². The molecule has 0 heterocycles. The van der Waals surface area contributed by atoms with Gasteiger partial charge in [-0.3, -0.25) is 0 Å². The lowest BCUT2D eigenvalue weighted by Crippen LogP contribution is -2.17. The maximum absolute atomic E-state index is 6.20. The van der Waals surface area contributed by atoms with E-state index in [4.69, 9.17) is 33.7 Å². The Morgan fingerprint density at radius 2 is 1.79 bits per heavy atom. The third-order valence-electron chi connectivity index (χ3n) is 2.60. The van der Waals surface area contributed by atoms with Crippen molar-refractivity contribution >= 4 is 23.2 Å². The van der Waals surface area contributed by atoms with Gasteiger partial charge >= 0.3 is 0 Å². The Balaban J connectivity index is 2.15. The lowest BCUT2D eigenvalue weighted by atomic mass is 10.1. The Hall–Kier alpha value is -1.22. The molecule has 19 heavy (non-hydrogen) atoms. The van der Waals surface area contributed by atoms with Gasteiger partial charge in [-0.15, -0.1) is 0 Å². The first-order valence-electron chi connectivity index (χ1n) is 6.02. The van der Waals surface area contributed by atoms with Crippen molar-refractivity contribution in [1.82, 2.24) is 0 Å². The normalized spacial score (nSPS) is 12.2. The van der Waals surface area contributed by atoms with Gasteiger partial charge in [-0.25, -0.2) is 0 Å². The molecule has 0 spiro atoms. The van der Waals surface area contributed by atoms with Gasteiger partial charge in [0.2, 0.25) is 0 Å². The summed E-state index contributed by atoms with van der Waals surface area (Å²) in [5, 5.41) is 1.25. The van der Waals surface area contributed by atoms with Crippen LogP contribution in [0.15, 0.2) is 42.5 Å². The Morgan fingerprint density at radius 1 is 1.11 bits per heavy atom. The number of benzene rings is 2. The Bertz CT molecular complexity index is 553. The van der Waals surface area contributed by atoms with E-state index in [1.807, 2.05) is 25.1 Å². The molecule has 2 aromatic rings. The van der Waals surface area contributed by atoms with Gasteiger partial charge in [0.1, 0.15) is 11.5 Å². The van der Waals surface area contributed by atoms with E-state index in [9.17, 15) is 0 Å². The van der Waals surface area contributed by atoms with Gasteiger partial charge in [0.15, 0.2) is 0 Å². The van der Waals surface area contributed by atoms with E-state index >= 15 is 0 Å². The van der Waals surface area contributed by atoms with E-state index in [0.717, 1.165) is 12.0 Å². The lowest BCUT2D eigenvalue weighted by molar-refractivity contribution is 0.482. The molecule has 0 aliphatic heterocycles. The van der Waals surface area contributed by atoms with Crippen LogP contribution in [0, 0.1) is 0 Å². The van der Waals surface area contributed by atoms with Crippen molar-refractivity contribution < 1.29 is 4.74 Å². The van der Waals surface area contributed by atoms with Crippen LogP contribution in [0.4, 0.5) is 0 Å². The van der Waals surface area contributed by atoms with E-state index in [1.165, 1.54) is 0 Å². The Labute approximate surface area is 123 Å². The molecule has 100 valence electrons. The van der Waals surface area contributed by atoms with Crippen LogP contribution in [-0.2, 0) is 6.42 Å². The van der Waals surface area contributed by atoms with Crippen molar-refractivity contribution in [3.8, 4) is 11.5 Å². The molecule has 0 aliphatic rings. The summed E-state index contributed by atoms with van der Waals surface area (Å²) in [7, 11) is 0. The zero-order chi connectivity index (χ0) is 13.8. The van der Waals surface area contributed by atoms with Crippen LogP contribution in [0.2, 0.25) is 10.0 Å². The van der Waals surface area contributed by atoms with Crippen molar-refractivity contribution in [3.05, 3.63) is 58.1 Å². The van der Waals surface area contributed by atoms with Crippen LogP contribution in [-0.4, -0.2) is 6.04 Å². The molecule has 0 radical (unpaired) electrons. The third-order valence-corrected chi connectivity index (χ3v) is 3.14. The van der Waals surface area contributed by atoms with Gasteiger partial charge in [0.05, 0.1) is 5.02 Å². The largest absolute Gasteiger partial charge is 0.456 e. The molecular weight excluding hydrogens is 281 g/mol. The fourth-order valence-corrected chi connectivity index (χ4v) is 2.12. The Morgan fingerprint density at radius 3 is 2.37 bits per heavy atom. The average Bonchev–Trinajstić information content (AvgIpc) is 2.34. The maximum atomic E-state index is 6.20. The molecule has 4 heteroatoms. The fourth-order valence-electron chi connectivity index (χ4n) is 1.76. The molecule has 1 unspecified atom stereocenters. The number of halogens is 2. The summed E-state index contributed by atoms with van der Waals surface area (Å²) >= 11 is 12.0. The van der Waals surface area contributed by atoms with Crippen molar-refractivity contribution in [2.75, 3.05) is 0 Å². The zero-order valence-corrected chi connectivity index (χ0v) is 12.1. The molecule has 0 aliphatic carbocycles. The number of rotatable bonds is 4. The number of hydrogen-bond donors (Lipinski definition) is 1. The van der Waals surface area contributed by atoms with E-state index < -0.39 is 0 Å². The van der Waals surface area contributed by atoms with Crippen LogP contribution < -0.4 is 10.5 Å².